The number of ketones is 1. The van der Waals surface area contributed by atoms with Crippen LogP contribution < -0.4 is 15.0 Å². The molecule has 0 fully saturated rings. The first-order valence-corrected chi connectivity index (χ1v) is 6.91. The third-order valence-electron chi connectivity index (χ3n) is 3.31. The van der Waals surface area contributed by atoms with Crippen molar-refractivity contribution in [2.45, 2.75) is 20.0 Å². The molecule has 1 heterocycles. The predicted molar refractivity (Wildman–Crippen MR) is 79.5 cm³/mol. The Hall–Kier alpha value is -2.90. The molecule has 0 bridgehead atoms. The van der Waals surface area contributed by atoms with E-state index in [1.54, 1.807) is 19.1 Å². The molecule has 1 unspecified atom stereocenters. The van der Waals surface area contributed by atoms with Gasteiger partial charge in [-0.2, -0.15) is 0 Å². The first-order chi connectivity index (χ1) is 10.8. The quantitative estimate of drug-likeness (QED) is 0.750. The minimum Gasteiger partial charge on any atom is -0.480 e. The summed E-state index contributed by atoms with van der Waals surface area (Å²) >= 11 is 0. The first-order valence-electron chi connectivity index (χ1n) is 6.91. The van der Waals surface area contributed by atoms with Crippen molar-refractivity contribution >= 4 is 29.3 Å². The number of nitrogens with one attached hydrogen (secondary N) is 1. The third-order valence-corrected chi connectivity index (χ3v) is 3.31. The number of carbonyl (C=O) groups is 4. The molecule has 122 valence electrons. The second-order valence-electron chi connectivity index (χ2n) is 5.09. The fourth-order valence-electron chi connectivity index (χ4n) is 2.16. The predicted octanol–water partition coefficient (Wildman–Crippen LogP) is 0.204. The molecule has 1 atom stereocenters. The summed E-state index contributed by atoms with van der Waals surface area (Å²) in [5, 5.41) is 10.8. The lowest BCUT2D eigenvalue weighted by molar-refractivity contribution is -0.137. The summed E-state index contributed by atoms with van der Waals surface area (Å²) < 4.78 is 5.46. The average Bonchev–Trinajstić information content (AvgIpc) is 2.49. The Bertz CT molecular complexity index is 685. The van der Waals surface area contributed by atoms with Crippen LogP contribution in [0.5, 0.6) is 5.75 Å². The highest BCUT2D eigenvalue weighted by molar-refractivity contribution is 6.05. The molecule has 0 aromatic heterocycles. The molecule has 0 radical (unpaired) electrons. The second kappa shape index (κ2) is 6.47. The molecule has 0 aliphatic carbocycles. The average molecular weight is 320 g/mol. The van der Waals surface area contributed by atoms with Gasteiger partial charge in [0.05, 0.1) is 5.69 Å². The van der Waals surface area contributed by atoms with Crippen molar-refractivity contribution in [2.24, 2.45) is 0 Å². The lowest BCUT2D eigenvalue weighted by Crippen LogP contribution is -2.49. The zero-order chi connectivity index (χ0) is 17.1. The van der Waals surface area contributed by atoms with Crippen molar-refractivity contribution in [1.29, 1.82) is 0 Å². The maximum absolute atomic E-state index is 12.3. The second-order valence-corrected chi connectivity index (χ2v) is 5.09. The standard InChI is InChI=1S/C15H16N2O6/c1-8(18)10-3-4-12-11(5-10)17(15(22)9(2)23-12)7-13(19)16-6-14(20)21/h3-5,9H,6-7H2,1-2H3,(H,16,19)(H,20,21). The molecule has 0 saturated carbocycles. The van der Waals surface area contributed by atoms with Gasteiger partial charge in [0.2, 0.25) is 5.91 Å². The van der Waals surface area contributed by atoms with Crippen LogP contribution in [0, 0.1) is 0 Å². The Labute approximate surface area is 132 Å². The zero-order valence-electron chi connectivity index (χ0n) is 12.7. The number of hydrogen-bond donors (Lipinski definition) is 2. The molecule has 1 aromatic carbocycles. The van der Waals surface area contributed by atoms with Gasteiger partial charge in [-0.05, 0) is 32.0 Å². The number of rotatable bonds is 5. The Kier molecular flexibility index (Phi) is 4.63. The number of carboxylic acids is 1. The minimum atomic E-state index is -1.18. The third kappa shape index (κ3) is 3.65. The summed E-state index contributed by atoms with van der Waals surface area (Å²) in [7, 11) is 0. The highest BCUT2D eigenvalue weighted by Crippen LogP contribution is 2.34. The summed E-state index contributed by atoms with van der Waals surface area (Å²) in [6.07, 6.45) is -0.780. The van der Waals surface area contributed by atoms with Crippen LogP contribution in [0.2, 0.25) is 0 Å². The molecule has 8 nitrogen and oxygen atoms in total. The van der Waals surface area contributed by atoms with E-state index in [-0.39, 0.29) is 12.3 Å². The van der Waals surface area contributed by atoms with Crippen LogP contribution in [0.1, 0.15) is 24.2 Å². The summed E-state index contributed by atoms with van der Waals surface area (Å²) in [6, 6.07) is 4.62. The Morgan fingerprint density at radius 1 is 1.35 bits per heavy atom. The molecular formula is C15H16N2O6. The largest absolute Gasteiger partial charge is 0.480 e. The number of nitrogens with zero attached hydrogens (tertiary/aromatic N) is 1. The van der Waals surface area contributed by atoms with Crippen LogP contribution in [0.15, 0.2) is 18.2 Å². The fourth-order valence-corrected chi connectivity index (χ4v) is 2.16. The number of fused-ring (bicyclic) bond motifs is 1. The lowest BCUT2D eigenvalue weighted by atomic mass is 10.1. The van der Waals surface area contributed by atoms with Crippen LogP contribution in [-0.4, -0.2) is 47.9 Å². The highest BCUT2D eigenvalue weighted by atomic mass is 16.5. The van der Waals surface area contributed by atoms with Gasteiger partial charge >= 0.3 is 5.97 Å². The van der Waals surface area contributed by atoms with Crippen LogP contribution in [-0.2, 0) is 14.4 Å². The van der Waals surface area contributed by atoms with E-state index in [9.17, 15) is 19.2 Å². The first kappa shape index (κ1) is 16.5. The number of carboxylic acid groups (broad SMARTS) is 1. The normalized spacial score (nSPS) is 16.3. The summed E-state index contributed by atoms with van der Waals surface area (Å²) in [4.78, 5) is 47.2. The summed E-state index contributed by atoms with van der Waals surface area (Å²) in [5.74, 6) is -2.04. The smallest absolute Gasteiger partial charge is 0.322 e. The summed E-state index contributed by atoms with van der Waals surface area (Å²) in [6.45, 7) is 2.05. The van der Waals surface area contributed by atoms with E-state index in [1.807, 2.05) is 0 Å². The Morgan fingerprint density at radius 2 is 2.04 bits per heavy atom. The molecule has 1 aromatic rings. The number of amides is 2. The summed E-state index contributed by atoms with van der Waals surface area (Å²) in [5.41, 5.74) is 0.692. The van der Waals surface area contributed by atoms with Crippen LogP contribution in [0.3, 0.4) is 0 Å². The number of aliphatic carboxylic acids is 1. The molecule has 0 saturated heterocycles. The van der Waals surface area contributed by atoms with Crippen molar-refractivity contribution in [2.75, 3.05) is 18.0 Å². The topological polar surface area (TPSA) is 113 Å². The highest BCUT2D eigenvalue weighted by Gasteiger charge is 2.33. The number of anilines is 1. The van der Waals surface area contributed by atoms with Gasteiger partial charge in [0.15, 0.2) is 11.9 Å². The molecule has 2 amide bonds. The van der Waals surface area contributed by atoms with Gasteiger partial charge in [0.25, 0.3) is 5.91 Å². The molecule has 1 aliphatic rings. The number of ether oxygens (including phenoxy) is 1. The Morgan fingerprint density at radius 3 is 2.65 bits per heavy atom. The van der Waals surface area contributed by atoms with Gasteiger partial charge in [0, 0.05) is 5.56 Å². The SMILES string of the molecule is CC(=O)c1ccc2c(c1)N(CC(=O)NCC(=O)O)C(=O)C(C)O2. The van der Waals surface area contributed by atoms with Gasteiger partial charge in [0.1, 0.15) is 18.8 Å². The van der Waals surface area contributed by atoms with Crippen molar-refractivity contribution in [3.8, 4) is 5.75 Å². The van der Waals surface area contributed by atoms with Crippen molar-refractivity contribution in [3.63, 3.8) is 0 Å². The van der Waals surface area contributed by atoms with Gasteiger partial charge in [-0.3, -0.25) is 24.1 Å². The van der Waals surface area contributed by atoms with Crippen LogP contribution in [0.25, 0.3) is 0 Å². The van der Waals surface area contributed by atoms with Crippen molar-refractivity contribution in [3.05, 3.63) is 23.8 Å². The van der Waals surface area contributed by atoms with E-state index in [2.05, 4.69) is 5.32 Å². The van der Waals surface area contributed by atoms with Crippen molar-refractivity contribution in [1.82, 2.24) is 5.32 Å². The number of Topliss-reactive ketones (excluding diaryl/α,β-unsaturated/α-hetero) is 1. The molecule has 2 rings (SSSR count). The minimum absolute atomic E-state index is 0.186. The maximum atomic E-state index is 12.3. The zero-order valence-corrected chi connectivity index (χ0v) is 12.7. The monoisotopic (exact) mass is 320 g/mol. The molecule has 0 spiro atoms. The van der Waals surface area contributed by atoms with E-state index in [0.29, 0.717) is 17.0 Å². The van der Waals surface area contributed by atoms with E-state index in [4.69, 9.17) is 9.84 Å². The molecule has 23 heavy (non-hydrogen) atoms. The molecule has 8 heteroatoms. The van der Waals surface area contributed by atoms with E-state index < -0.39 is 30.4 Å². The van der Waals surface area contributed by atoms with E-state index in [0.717, 1.165) is 0 Å². The van der Waals surface area contributed by atoms with E-state index in [1.165, 1.54) is 17.9 Å². The number of benzene rings is 1. The fraction of sp³-hybridized carbons (Fsp3) is 0.333. The number of hydrogen-bond acceptors (Lipinski definition) is 5. The molecule has 2 N–H and O–H groups in total. The molecular weight excluding hydrogens is 304 g/mol. The maximum Gasteiger partial charge on any atom is 0.322 e. The lowest BCUT2D eigenvalue weighted by Gasteiger charge is -2.32. The van der Waals surface area contributed by atoms with Crippen LogP contribution >= 0.6 is 0 Å². The Balaban J connectivity index is 2.29. The van der Waals surface area contributed by atoms with Crippen LogP contribution in [0.4, 0.5) is 5.69 Å². The van der Waals surface area contributed by atoms with Gasteiger partial charge < -0.3 is 15.2 Å². The molecule has 1 aliphatic heterocycles. The van der Waals surface area contributed by atoms with Gasteiger partial charge in [-0.15, -0.1) is 0 Å². The number of carbonyl (C=O) groups excluding carboxylic acids is 3. The van der Waals surface area contributed by atoms with Gasteiger partial charge in [-0.1, -0.05) is 0 Å². The van der Waals surface area contributed by atoms with Crippen molar-refractivity contribution < 1.29 is 29.0 Å². The van der Waals surface area contributed by atoms with Gasteiger partial charge in [-0.25, -0.2) is 0 Å². The van der Waals surface area contributed by atoms with E-state index >= 15 is 0 Å².